The first-order valence-electron chi connectivity index (χ1n) is 8.67. The number of nitrogens with zero attached hydrogens (tertiary/aromatic N) is 4. The Labute approximate surface area is 148 Å². The normalized spacial score (nSPS) is 21.1. The van der Waals surface area contributed by atoms with Gasteiger partial charge in [-0.3, -0.25) is 4.90 Å². The highest BCUT2D eigenvalue weighted by Crippen LogP contribution is 2.31. The van der Waals surface area contributed by atoms with Crippen LogP contribution in [0.3, 0.4) is 0 Å². The van der Waals surface area contributed by atoms with E-state index in [2.05, 4.69) is 35.6 Å². The van der Waals surface area contributed by atoms with Gasteiger partial charge in [-0.05, 0) is 24.8 Å². The monoisotopic (exact) mass is 348 g/mol. The topological polar surface area (TPSA) is 54.2 Å². The van der Waals surface area contributed by atoms with Crippen molar-refractivity contribution in [2.75, 3.05) is 13.1 Å². The number of aromatic nitrogens is 3. The minimum absolute atomic E-state index is 0.161. The number of thiazole rings is 1. The minimum Gasteiger partial charge on any atom is -0.385 e. The van der Waals surface area contributed by atoms with Crippen LogP contribution in [0.15, 0.2) is 18.6 Å². The van der Waals surface area contributed by atoms with Crippen LogP contribution in [0.2, 0.25) is 0 Å². The van der Waals surface area contributed by atoms with Crippen LogP contribution < -0.4 is 0 Å². The van der Waals surface area contributed by atoms with Crippen molar-refractivity contribution in [2.24, 2.45) is 13.0 Å². The second-order valence-electron chi connectivity index (χ2n) is 7.85. The number of aliphatic hydroxyl groups excluding tert-OH is 1. The number of likely N-dealkylation sites (tertiary alicyclic amines) is 1. The zero-order valence-corrected chi connectivity index (χ0v) is 15.9. The van der Waals surface area contributed by atoms with Crippen LogP contribution in [0, 0.1) is 5.92 Å². The summed E-state index contributed by atoms with van der Waals surface area (Å²) in [7, 11) is 1.94. The summed E-state index contributed by atoms with van der Waals surface area (Å²) in [5, 5.41) is 11.9. The Morgan fingerprint density at radius 2 is 2.17 bits per heavy atom. The minimum atomic E-state index is -0.491. The second kappa shape index (κ2) is 6.94. The number of aliphatic hydroxyl groups is 1. The summed E-state index contributed by atoms with van der Waals surface area (Å²) in [6, 6.07) is 0. The van der Waals surface area contributed by atoms with Gasteiger partial charge >= 0.3 is 0 Å². The lowest BCUT2D eigenvalue weighted by molar-refractivity contribution is 0.0404. The SMILES string of the molecule is Cn1ccnc1C(O)C1CCCN(Cc2ncc(C(C)(C)C)s2)C1. The quantitative estimate of drug-likeness (QED) is 0.922. The van der Waals surface area contributed by atoms with Crippen LogP contribution in [-0.4, -0.2) is 37.6 Å². The smallest absolute Gasteiger partial charge is 0.137 e. The first-order valence-corrected chi connectivity index (χ1v) is 9.49. The highest BCUT2D eigenvalue weighted by atomic mass is 32.1. The fourth-order valence-corrected chi connectivity index (χ4v) is 4.30. The van der Waals surface area contributed by atoms with Crippen molar-refractivity contribution in [3.63, 3.8) is 0 Å². The van der Waals surface area contributed by atoms with Crippen molar-refractivity contribution >= 4 is 11.3 Å². The number of imidazole rings is 1. The molecular formula is C18H28N4OS. The molecule has 0 aliphatic carbocycles. The van der Waals surface area contributed by atoms with E-state index >= 15 is 0 Å². The lowest BCUT2D eigenvalue weighted by atomic mass is 9.92. The zero-order chi connectivity index (χ0) is 17.3. The molecule has 0 bridgehead atoms. The molecule has 24 heavy (non-hydrogen) atoms. The summed E-state index contributed by atoms with van der Waals surface area (Å²) in [5.41, 5.74) is 0.161. The molecule has 2 aromatic heterocycles. The number of aryl methyl sites for hydroxylation is 1. The van der Waals surface area contributed by atoms with Gasteiger partial charge in [-0.2, -0.15) is 0 Å². The Balaban J connectivity index is 1.63. The average molecular weight is 349 g/mol. The summed E-state index contributed by atoms with van der Waals surface area (Å²) in [5.74, 6) is 1.01. The van der Waals surface area contributed by atoms with Gasteiger partial charge < -0.3 is 9.67 Å². The molecule has 2 unspecified atom stereocenters. The van der Waals surface area contributed by atoms with Crippen molar-refractivity contribution in [3.8, 4) is 0 Å². The van der Waals surface area contributed by atoms with Crippen LogP contribution in [0.5, 0.6) is 0 Å². The van der Waals surface area contributed by atoms with E-state index in [-0.39, 0.29) is 11.3 Å². The third-order valence-electron chi connectivity index (χ3n) is 4.76. The Morgan fingerprint density at radius 3 is 2.79 bits per heavy atom. The predicted octanol–water partition coefficient (Wildman–Crippen LogP) is 3.12. The van der Waals surface area contributed by atoms with Gasteiger partial charge in [-0.1, -0.05) is 20.8 Å². The standard InChI is InChI=1S/C18H28N4OS/c1-18(2,3)14-10-20-15(24-14)12-22-8-5-6-13(11-22)16(23)17-19-7-9-21(17)4/h7,9-10,13,16,23H,5-6,8,11-12H2,1-4H3. The molecule has 2 atom stereocenters. The van der Waals surface area contributed by atoms with E-state index in [4.69, 9.17) is 0 Å². The van der Waals surface area contributed by atoms with Gasteiger partial charge in [0.1, 0.15) is 16.9 Å². The zero-order valence-electron chi connectivity index (χ0n) is 15.1. The highest BCUT2D eigenvalue weighted by molar-refractivity contribution is 7.11. The average Bonchev–Trinajstić information content (AvgIpc) is 3.15. The van der Waals surface area contributed by atoms with Gasteiger partial charge in [-0.25, -0.2) is 9.97 Å². The third kappa shape index (κ3) is 3.87. The molecule has 1 N–H and O–H groups in total. The molecule has 5 nitrogen and oxygen atoms in total. The highest BCUT2D eigenvalue weighted by Gasteiger charge is 2.29. The van der Waals surface area contributed by atoms with E-state index in [1.807, 2.05) is 35.3 Å². The number of piperidine rings is 1. The fourth-order valence-electron chi connectivity index (χ4n) is 3.29. The Hall–Kier alpha value is -1.24. The Bertz CT molecular complexity index is 673. The van der Waals surface area contributed by atoms with E-state index < -0.39 is 6.10 Å². The summed E-state index contributed by atoms with van der Waals surface area (Å²) in [4.78, 5) is 12.7. The van der Waals surface area contributed by atoms with Gasteiger partial charge in [0.25, 0.3) is 0 Å². The molecule has 0 saturated carbocycles. The van der Waals surface area contributed by atoms with Gasteiger partial charge in [0.2, 0.25) is 0 Å². The lowest BCUT2D eigenvalue weighted by Gasteiger charge is -2.34. The molecule has 0 aromatic carbocycles. The first kappa shape index (κ1) is 17.6. The molecule has 1 aliphatic heterocycles. The van der Waals surface area contributed by atoms with Gasteiger partial charge in [-0.15, -0.1) is 11.3 Å². The fraction of sp³-hybridized carbons (Fsp3) is 0.667. The van der Waals surface area contributed by atoms with E-state index in [0.29, 0.717) is 0 Å². The van der Waals surface area contributed by atoms with Crippen LogP contribution in [0.25, 0.3) is 0 Å². The maximum Gasteiger partial charge on any atom is 0.137 e. The maximum atomic E-state index is 10.7. The van der Waals surface area contributed by atoms with Crippen molar-refractivity contribution in [1.82, 2.24) is 19.4 Å². The van der Waals surface area contributed by atoms with Gasteiger partial charge in [0, 0.05) is 43.0 Å². The Kier molecular flexibility index (Phi) is 5.08. The number of rotatable bonds is 4. The molecule has 2 aromatic rings. The molecule has 0 amide bonds. The molecule has 6 heteroatoms. The van der Waals surface area contributed by atoms with E-state index in [1.165, 1.54) is 9.88 Å². The number of hydrogen-bond acceptors (Lipinski definition) is 5. The van der Waals surface area contributed by atoms with Gasteiger partial charge in [0.15, 0.2) is 0 Å². The molecule has 132 valence electrons. The van der Waals surface area contributed by atoms with E-state index in [9.17, 15) is 5.11 Å². The summed E-state index contributed by atoms with van der Waals surface area (Å²) in [6.45, 7) is 9.54. The van der Waals surface area contributed by atoms with Crippen LogP contribution >= 0.6 is 11.3 Å². The van der Waals surface area contributed by atoms with E-state index in [1.54, 1.807) is 6.20 Å². The second-order valence-corrected chi connectivity index (χ2v) is 8.96. The van der Waals surface area contributed by atoms with Crippen LogP contribution in [-0.2, 0) is 19.0 Å². The van der Waals surface area contributed by atoms with Gasteiger partial charge in [0.05, 0.1) is 6.54 Å². The predicted molar refractivity (Wildman–Crippen MR) is 97.0 cm³/mol. The lowest BCUT2D eigenvalue weighted by Crippen LogP contribution is -2.37. The molecule has 1 aliphatic rings. The molecule has 1 fully saturated rings. The van der Waals surface area contributed by atoms with Crippen molar-refractivity contribution in [1.29, 1.82) is 0 Å². The van der Waals surface area contributed by atoms with Crippen LogP contribution in [0.4, 0.5) is 0 Å². The molecule has 0 spiro atoms. The molecule has 3 rings (SSSR count). The van der Waals surface area contributed by atoms with E-state index in [0.717, 1.165) is 38.3 Å². The maximum absolute atomic E-state index is 10.7. The summed E-state index contributed by atoms with van der Waals surface area (Å²) >= 11 is 1.81. The molecule has 0 radical (unpaired) electrons. The molecule has 1 saturated heterocycles. The van der Waals surface area contributed by atoms with Crippen molar-refractivity contribution < 1.29 is 5.11 Å². The molecular weight excluding hydrogens is 320 g/mol. The summed E-state index contributed by atoms with van der Waals surface area (Å²) < 4.78 is 1.92. The third-order valence-corrected chi connectivity index (χ3v) is 6.17. The molecule has 3 heterocycles. The Morgan fingerprint density at radius 1 is 1.38 bits per heavy atom. The summed E-state index contributed by atoms with van der Waals surface area (Å²) in [6.07, 6.45) is 7.34. The van der Waals surface area contributed by atoms with Crippen molar-refractivity contribution in [2.45, 2.75) is 51.7 Å². The largest absolute Gasteiger partial charge is 0.385 e. The van der Waals surface area contributed by atoms with Crippen molar-refractivity contribution in [3.05, 3.63) is 34.3 Å². The van der Waals surface area contributed by atoms with Crippen LogP contribution in [0.1, 0.15) is 55.4 Å². The first-order chi connectivity index (χ1) is 11.3. The number of hydrogen-bond donors (Lipinski definition) is 1.